The summed E-state index contributed by atoms with van der Waals surface area (Å²) in [6.45, 7) is 2.02. The lowest BCUT2D eigenvalue weighted by Gasteiger charge is -2.10. The summed E-state index contributed by atoms with van der Waals surface area (Å²) in [4.78, 5) is 10.6. The maximum Gasteiger partial charge on any atom is 0.221 e. The van der Waals surface area contributed by atoms with E-state index in [1.165, 1.54) is 0 Å². The Morgan fingerprint density at radius 1 is 1.89 bits per heavy atom. The molecule has 0 bridgehead atoms. The number of carbonyl (C=O) groups is 1. The second kappa shape index (κ2) is 2.35. The molecule has 1 fully saturated rings. The van der Waals surface area contributed by atoms with Gasteiger partial charge >= 0.3 is 0 Å². The molecule has 1 amide bonds. The van der Waals surface area contributed by atoms with Gasteiger partial charge in [0, 0.05) is 18.5 Å². The van der Waals surface area contributed by atoms with Crippen molar-refractivity contribution in [2.45, 2.75) is 31.8 Å². The van der Waals surface area contributed by atoms with E-state index in [0.717, 1.165) is 6.42 Å². The molecular formula is C6H12N2O. The van der Waals surface area contributed by atoms with Gasteiger partial charge in [-0.05, 0) is 6.42 Å². The van der Waals surface area contributed by atoms with Crippen LogP contribution in [0.15, 0.2) is 0 Å². The number of nitrogens with two attached hydrogens (primary N) is 1. The van der Waals surface area contributed by atoms with Crippen molar-refractivity contribution in [2.24, 2.45) is 5.73 Å². The van der Waals surface area contributed by atoms with E-state index in [1.54, 1.807) is 0 Å². The van der Waals surface area contributed by atoms with Gasteiger partial charge in [-0.25, -0.2) is 0 Å². The molecule has 0 aromatic carbocycles. The van der Waals surface area contributed by atoms with Crippen molar-refractivity contribution in [2.75, 3.05) is 0 Å². The maximum atomic E-state index is 10.6. The van der Waals surface area contributed by atoms with Crippen LogP contribution >= 0.6 is 0 Å². The van der Waals surface area contributed by atoms with Crippen LogP contribution in [0.25, 0.3) is 0 Å². The molecule has 0 spiro atoms. The second-order valence-electron chi connectivity index (χ2n) is 2.45. The highest BCUT2D eigenvalue weighted by atomic mass is 16.2. The van der Waals surface area contributed by atoms with Crippen LogP contribution in [0.4, 0.5) is 0 Å². The lowest BCUT2D eigenvalue weighted by molar-refractivity contribution is -0.119. The topological polar surface area (TPSA) is 55.1 Å². The lowest BCUT2D eigenvalue weighted by Crippen LogP contribution is -2.35. The first-order valence-electron chi connectivity index (χ1n) is 3.29. The summed E-state index contributed by atoms with van der Waals surface area (Å²) in [7, 11) is 0. The van der Waals surface area contributed by atoms with E-state index >= 15 is 0 Å². The quantitative estimate of drug-likeness (QED) is 0.505. The fourth-order valence-electron chi connectivity index (χ4n) is 1.13. The van der Waals surface area contributed by atoms with Crippen LogP contribution in [-0.2, 0) is 4.79 Å². The molecule has 3 nitrogen and oxygen atoms in total. The van der Waals surface area contributed by atoms with Gasteiger partial charge in [-0.15, -0.1) is 0 Å². The highest BCUT2D eigenvalue weighted by molar-refractivity contribution is 5.79. The molecule has 1 saturated heterocycles. The SMILES string of the molecule is CCC1NC(=O)C[C@@H]1N. The summed E-state index contributed by atoms with van der Waals surface area (Å²) in [6, 6.07) is 0.264. The Labute approximate surface area is 54.6 Å². The molecule has 52 valence electrons. The Morgan fingerprint density at radius 3 is 2.78 bits per heavy atom. The Kier molecular flexibility index (Phi) is 1.71. The summed E-state index contributed by atoms with van der Waals surface area (Å²) in [6.07, 6.45) is 1.44. The Hall–Kier alpha value is -0.570. The van der Waals surface area contributed by atoms with Crippen molar-refractivity contribution < 1.29 is 4.79 Å². The van der Waals surface area contributed by atoms with Crippen LogP contribution in [0.5, 0.6) is 0 Å². The molecular weight excluding hydrogens is 116 g/mol. The first kappa shape index (κ1) is 6.55. The van der Waals surface area contributed by atoms with E-state index in [-0.39, 0.29) is 18.0 Å². The summed E-state index contributed by atoms with van der Waals surface area (Å²) in [5.41, 5.74) is 5.60. The van der Waals surface area contributed by atoms with Gasteiger partial charge in [0.1, 0.15) is 0 Å². The van der Waals surface area contributed by atoms with Crippen LogP contribution in [0.1, 0.15) is 19.8 Å². The van der Waals surface area contributed by atoms with Gasteiger partial charge < -0.3 is 11.1 Å². The third-order valence-electron chi connectivity index (χ3n) is 1.72. The van der Waals surface area contributed by atoms with Crippen molar-refractivity contribution in [3.05, 3.63) is 0 Å². The van der Waals surface area contributed by atoms with Crippen LogP contribution in [0, 0.1) is 0 Å². The number of carbonyl (C=O) groups excluding carboxylic acids is 1. The van der Waals surface area contributed by atoms with E-state index in [9.17, 15) is 4.79 Å². The molecule has 2 atom stereocenters. The van der Waals surface area contributed by atoms with Gasteiger partial charge in [-0.1, -0.05) is 6.92 Å². The van der Waals surface area contributed by atoms with Gasteiger partial charge in [-0.2, -0.15) is 0 Å². The van der Waals surface area contributed by atoms with Gasteiger partial charge in [0.05, 0.1) is 0 Å². The van der Waals surface area contributed by atoms with Crippen LogP contribution in [0.2, 0.25) is 0 Å². The standard InChI is InChI=1S/C6H12N2O/c1-2-5-4(7)3-6(9)8-5/h4-5H,2-3,7H2,1H3,(H,8,9)/t4-,5?/m0/s1. The second-order valence-corrected chi connectivity index (χ2v) is 2.45. The molecule has 1 aliphatic heterocycles. The number of amides is 1. The van der Waals surface area contributed by atoms with E-state index in [4.69, 9.17) is 5.73 Å². The Morgan fingerprint density at radius 2 is 2.56 bits per heavy atom. The van der Waals surface area contributed by atoms with Crippen molar-refractivity contribution in [1.82, 2.24) is 5.32 Å². The number of hydrogen-bond donors (Lipinski definition) is 2. The monoisotopic (exact) mass is 128 g/mol. The van der Waals surface area contributed by atoms with E-state index < -0.39 is 0 Å². The molecule has 1 aliphatic rings. The minimum Gasteiger partial charge on any atom is -0.352 e. The zero-order chi connectivity index (χ0) is 6.85. The molecule has 1 unspecified atom stereocenters. The third kappa shape index (κ3) is 1.21. The first-order valence-corrected chi connectivity index (χ1v) is 3.29. The minimum absolute atomic E-state index is 0.0440. The van der Waals surface area contributed by atoms with Gasteiger partial charge in [0.2, 0.25) is 5.91 Å². The smallest absolute Gasteiger partial charge is 0.221 e. The molecule has 9 heavy (non-hydrogen) atoms. The number of rotatable bonds is 1. The molecule has 0 saturated carbocycles. The largest absolute Gasteiger partial charge is 0.352 e. The zero-order valence-corrected chi connectivity index (χ0v) is 5.55. The summed E-state index contributed by atoms with van der Waals surface area (Å²) in [5, 5.41) is 2.79. The molecule has 3 N–H and O–H groups in total. The van der Waals surface area contributed by atoms with Gasteiger partial charge in [0.15, 0.2) is 0 Å². The van der Waals surface area contributed by atoms with Crippen molar-refractivity contribution in [3.63, 3.8) is 0 Å². The third-order valence-corrected chi connectivity index (χ3v) is 1.72. The fourth-order valence-corrected chi connectivity index (χ4v) is 1.13. The zero-order valence-electron chi connectivity index (χ0n) is 5.55. The normalized spacial score (nSPS) is 34.7. The highest BCUT2D eigenvalue weighted by Crippen LogP contribution is 2.07. The molecule has 1 rings (SSSR count). The number of nitrogens with one attached hydrogen (secondary N) is 1. The Balaban J connectivity index is 2.47. The predicted molar refractivity (Wildman–Crippen MR) is 34.8 cm³/mol. The van der Waals surface area contributed by atoms with Gasteiger partial charge in [-0.3, -0.25) is 4.79 Å². The highest BCUT2D eigenvalue weighted by Gasteiger charge is 2.27. The molecule has 3 heteroatoms. The first-order chi connectivity index (χ1) is 4.24. The van der Waals surface area contributed by atoms with Crippen LogP contribution in [-0.4, -0.2) is 18.0 Å². The van der Waals surface area contributed by atoms with E-state index in [2.05, 4.69) is 5.32 Å². The minimum atomic E-state index is 0.0440. The van der Waals surface area contributed by atoms with E-state index in [1.807, 2.05) is 6.92 Å². The predicted octanol–water partition coefficient (Wildman–Crippen LogP) is -0.388. The number of hydrogen-bond acceptors (Lipinski definition) is 2. The summed E-state index contributed by atoms with van der Waals surface area (Å²) < 4.78 is 0. The molecule has 1 heterocycles. The average Bonchev–Trinajstić information content (AvgIpc) is 2.10. The molecule has 0 aromatic rings. The van der Waals surface area contributed by atoms with Gasteiger partial charge in [0.25, 0.3) is 0 Å². The van der Waals surface area contributed by atoms with Crippen molar-refractivity contribution in [3.8, 4) is 0 Å². The summed E-state index contributed by atoms with van der Waals surface area (Å²) >= 11 is 0. The summed E-state index contributed by atoms with van der Waals surface area (Å²) in [5.74, 6) is 0.0920. The lowest BCUT2D eigenvalue weighted by atomic mass is 10.1. The molecule has 0 aliphatic carbocycles. The van der Waals surface area contributed by atoms with E-state index in [0.29, 0.717) is 6.42 Å². The Bertz CT molecular complexity index is 124. The fraction of sp³-hybridized carbons (Fsp3) is 0.833. The molecule has 0 radical (unpaired) electrons. The van der Waals surface area contributed by atoms with Crippen molar-refractivity contribution in [1.29, 1.82) is 0 Å². The van der Waals surface area contributed by atoms with Crippen LogP contribution in [0.3, 0.4) is 0 Å². The average molecular weight is 128 g/mol. The van der Waals surface area contributed by atoms with Crippen LogP contribution < -0.4 is 11.1 Å². The molecule has 0 aromatic heterocycles. The van der Waals surface area contributed by atoms with Crippen molar-refractivity contribution >= 4 is 5.91 Å². The maximum absolute atomic E-state index is 10.6.